The number of nitrogens with zero attached hydrogens (tertiary/aromatic N) is 2. The predicted octanol–water partition coefficient (Wildman–Crippen LogP) is 2.54. The molecule has 2 aromatic rings. The Balaban J connectivity index is 1.88. The Morgan fingerprint density at radius 1 is 1.45 bits per heavy atom. The maximum absolute atomic E-state index is 12.8. The number of halogens is 1. The number of H-pyrrole nitrogens is 1. The molecule has 2 atom stereocenters. The van der Waals surface area contributed by atoms with Gasteiger partial charge in [-0.1, -0.05) is 23.7 Å². The van der Waals surface area contributed by atoms with E-state index in [2.05, 4.69) is 17.1 Å². The van der Waals surface area contributed by atoms with Gasteiger partial charge in [-0.05, 0) is 37.9 Å². The van der Waals surface area contributed by atoms with Crippen LogP contribution in [0.25, 0.3) is 11.3 Å². The molecule has 3 N–H and O–H groups in total. The number of likely N-dealkylation sites (tertiary alicyclic amines) is 1. The van der Waals surface area contributed by atoms with Gasteiger partial charge in [0.05, 0.1) is 17.5 Å². The number of hydrogen-bond acceptors (Lipinski definition) is 3. The zero-order chi connectivity index (χ0) is 15.7. The summed E-state index contributed by atoms with van der Waals surface area (Å²) >= 11 is 5.92. The van der Waals surface area contributed by atoms with E-state index in [0.717, 1.165) is 17.7 Å². The minimum atomic E-state index is 0.00199. The number of carbonyl (C=O) groups excluding carboxylic acids is 1. The number of rotatable bonds is 3. The lowest BCUT2D eigenvalue weighted by molar-refractivity contribution is 0.0744. The molecule has 1 aliphatic rings. The molecule has 22 heavy (non-hydrogen) atoms. The molecule has 2 unspecified atom stereocenters. The molecule has 2 heterocycles. The third-order valence-corrected chi connectivity index (χ3v) is 4.51. The van der Waals surface area contributed by atoms with Gasteiger partial charge in [0.25, 0.3) is 5.91 Å². The van der Waals surface area contributed by atoms with Crippen molar-refractivity contribution >= 4 is 17.5 Å². The highest BCUT2D eigenvalue weighted by Gasteiger charge is 2.33. The van der Waals surface area contributed by atoms with E-state index in [-0.39, 0.29) is 11.9 Å². The van der Waals surface area contributed by atoms with Gasteiger partial charge in [-0.15, -0.1) is 0 Å². The van der Waals surface area contributed by atoms with Gasteiger partial charge < -0.3 is 10.6 Å². The van der Waals surface area contributed by atoms with Gasteiger partial charge in [0, 0.05) is 23.2 Å². The predicted molar refractivity (Wildman–Crippen MR) is 86.7 cm³/mol. The van der Waals surface area contributed by atoms with Crippen LogP contribution in [0, 0.1) is 5.92 Å². The van der Waals surface area contributed by atoms with Crippen LogP contribution in [-0.2, 0) is 0 Å². The van der Waals surface area contributed by atoms with Crippen molar-refractivity contribution in [2.75, 3.05) is 13.1 Å². The highest BCUT2D eigenvalue weighted by atomic mass is 35.5. The van der Waals surface area contributed by atoms with Crippen molar-refractivity contribution in [3.63, 3.8) is 0 Å². The average molecular weight is 319 g/mol. The smallest absolute Gasteiger partial charge is 0.257 e. The van der Waals surface area contributed by atoms with Gasteiger partial charge in [0.1, 0.15) is 0 Å². The summed E-state index contributed by atoms with van der Waals surface area (Å²) in [5.41, 5.74) is 7.96. The van der Waals surface area contributed by atoms with Crippen LogP contribution in [0.4, 0.5) is 0 Å². The Bertz CT molecular complexity index is 667. The molecule has 1 fully saturated rings. The number of nitrogens with one attached hydrogen (secondary N) is 1. The number of aromatic nitrogens is 2. The minimum Gasteiger partial charge on any atom is -0.335 e. The normalized spacial score (nSPS) is 21.3. The van der Waals surface area contributed by atoms with Crippen molar-refractivity contribution in [2.24, 2.45) is 11.7 Å². The quantitative estimate of drug-likeness (QED) is 0.913. The Labute approximate surface area is 134 Å². The lowest BCUT2D eigenvalue weighted by Gasteiger charge is -2.21. The highest BCUT2D eigenvalue weighted by Crippen LogP contribution is 2.28. The van der Waals surface area contributed by atoms with Crippen LogP contribution in [0.3, 0.4) is 0 Å². The molecule has 116 valence electrons. The standard InChI is InChI=1S/C16H19ClN4O/c1-10-6-11(7-18)9-21(10)16(22)14-8-19-20-15(14)12-2-4-13(17)5-3-12/h2-5,8,10-11H,6-7,9,18H2,1H3,(H,19,20). The van der Waals surface area contributed by atoms with Crippen LogP contribution in [-0.4, -0.2) is 40.1 Å². The maximum Gasteiger partial charge on any atom is 0.257 e. The number of aromatic amines is 1. The molecule has 0 spiro atoms. The van der Waals surface area contributed by atoms with Crippen molar-refractivity contribution in [3.05, 3.63) is 41.0 Å². The minimum absolute atomic E-state index is 0.00199. The van der Waals surface area contributed by atoms with Gasteiger partial charge >= 0.3 is 0 Å². The van der Waals surface area contributed by atoms with Crippen LogP contribution in [0.5, 0.6) is 0 Å². The third kappa shape index (κ3) is 2.74. The molecule has 0 radical (unpaired) electrons. The second-order valence-electron chi connectivity index (χ2n) is 5.81. The molecule has 0 bridgehead atoms. The zero-order valence-electron chi connectivity index (χ0n) is 12.4. The first kappa shape index (κ1) is 15.1. The largest absolute Gasteiger partial charge is 0.335 e. The molecule has 1 aromatic heterocycles. The molecule has 5 nitrogen and oxygen atoms in total. The first-order valence-corrected chi connectivity index (χ1v) is 7.78. The summed E-state index contributed by atoms with van der Waals surface area (Å²) in [5, 5.41) is 7.63. The van der Waals surface area contributed by atoms with E-state index in [9.17, 15) is 4.79 Å². The Morgan fingerprint density at radius 2 is 2.18 bits per heavy atom. The number of carbonyl (C=O) groups is 1. The first-order valence-electron chi connectivity index (χ1n) is 7.40. The summed E-state index contributed by atoms with van der Waals surface area (Å²) in [5.74, 6) is 0.381. The van der Waals surface area contributed by atoms with Crippen molar-refractivity contribution in [2.45, 2.75) is 19.4 Å². The van der Waals surface area contributed by atoms with Crippen LogP contribution in [0.1, 0.15) is 23.7 Å². The summed E-state index contributed by atoms with van der Waals surface area (Å²) in [6.45, 7) is 3.39. The summed E-state index contributed by atoms with van der Waals surface area (Å²) < 4.78 is 0. The fourth-order valence-electron chi connectivity index (χ4n) is 3.04. The summed E-state index contributed by atoms with van der Waals surface area (Å²) in [4.78, 5) is 14.7. The van der Waals surface area contributed by atoms with E-state index in [1.54, 1.807) is 18.3 Å². The van der Waals surface area contributed by atoms with E-state index in [4.69, 9.17) is 17.3 Å². The molecular weight excluding hydrogens is 300 g/mol. The highest BCUT2D eigenvalue weighted by molar-refractivity contribution is 6.30. The molecular formula is C16H19ClN4O. The number of hydrogen-bond donors (Lipinski definition) is 2. The van der Waals surface area contributed by atoms with Crippen molar-refractivity contribution < 1.29 is 4.79 Å². The SMILES string of the molecule is CC1CC(CN)CN1C(=O)c1cn[nH]c1-c1ccc(Cl)cc1. The third-order valence-electron chi connectivity index (χ3n) is 4.26. The molecule has 0 saturated carbocycles. The Morgan fingerprint density at radius 3 is 2.82 bits per heavy atom. The van der Waals surface area contributed by atoms with E-state index in [1.165, 1.54) is 0 Å². The number of nitrogens with two attached hydrogens (primary N) is 1. The fourth-order valence-corrected chi connectivity index (χ4v) is 3.16. The molecule has 1 saturated heterocycles. The van der Waals surface area contributed by atoms with E-state index in [1.807, 2.05) is 17.0 Å². The lowest BCUT2D eigenvalue weighted by atomic mass is 10.1. The number of amides is 1. The van der Waals surface area contributed by atoms with Gasteiger partial charge in [-0.25, -0.2) is 0 Å². The van der Waals surface area contributed by atoms with Gasteiger partial charge in [0.2, 0.25) is 0 Å². The van der Waals surface area contributed by atoms with E-state index < -0.39 is 0 Å². The zero-order valence-corrected chi connectivity index (χ0v) is 13.2. The topological polar surface area (TPSA) is 75.0 Å². The van der Waals surface area contributed by atoms with Crippen molar-refractivity contribution in [3.8, 4) is 11.3 Å². The Hall–Kier alpha value is -1.85. The van der Waals surface area contributed by atoms with E-state index in [0.29, 0.717) is 29.6 Å². The lowest BCUT2D eigenvalue weighted by Crippen LogP contribution is -2.34. The van der Waals surface area contributed by atoms with Gasteiger partial charge in [-0.2, -0.15) is 5.10 Å². The molecule has 0 aliphatic carbocycles. The monoisotopic (exact) mass is 318 g/mol. The second-order valence-corrected chi connectivity index (χ2v) is 6.25. The van der Waals surface area contributed by atoms with Crippen molar-refractivity contribution in [1.82, 2.24) is 15.1 Å². The van der Waals surface area contributed by atoms with Gasteiger partial charge in [0.15, 0.2) is 0 Å². The average Bonchev–Trinajstić information content (AvgIpc) is 3.14. The molecule has 3 rings (SSSR count). The second kappa shape index (κ2) is 6.10. The van der Waals surface area contributed by atoms with E-state index >= 15 is 0 Å². The van der Waals surface area contributed by atoms with Gasteiger partial charge in [-0.3, -0.25) is 9.89 Å². The first-order chi connectivity index (χ1) is 10.6. The summed E-state index contributed by atoms with van der Waals surface area (Å²) in [6.07, 6.45) is 2.55. The number of benzene rings is 1. The Kier molecular flexibility index (Phi) is 4.18. The molecule has 1 amide bonds. The summed E-state index contributed by atoms with van der Waals surface area (Å²) in [6, 6.07) is 7.56. The molecule has 1 aromatic carbocycles. The van der Waals surface area contributed by atoms with Crippen LogP contribution >= 0.6 is 11.6 Å². The van der Waals surface area contributed by atoms with Crippen LogP contribution < -0.4 is 5.73 Å². The van der Waals surface area contributed by atoms with Crippen molar-refractivity contribution in [1.29, 1.82) is 0 Å². The fraction of sp³-hybridized carbons (Fsp3) is 0.375. The summed E-state index contributed by atoms with van der Waals surface area (Å²) in [7, 11) is 0. The van der Waals surface area contributed by atoms with Crippen LogP contribution in [0.2, 0.25) is 5.02 Å². The maximum atomic E-state index is 12.8. The molecule has 1 aliphatic heterocycles. The van der Waals surface area contributed by atoms with Crippen LogP contribution in [0.15, 0.2) is 30.5 Å². The molecule has 6 heteroatoms.